The summed E-state index contributed by atoms with van der Waals surface area (Å²) in [4.78, 5) is 4.42. The summed E-state index contributed by atoms with van der Waals surface area (Å²) in [5.41, 5.74) is 2.57. The van der Waals surface area contributed by atoms with Crippen molar-refractivity contribution in [2.75, 3.05) is 13.7 Å². The zero-order chi connectivity index (χ0) is 10.6. The van der Waals surface area contributed by atoms with E-state index in [-0.39, 0.29) is 6.04 Å². The van der Waals surface area contributed by atoms with E-state index >= 15 is 0 Å². The fraction of sp³-hybridized carbons (Fsp3) is 0.889. The summed E-state index contributed by atoms with van der Waals surface area (Å²) in [5, 5.41) is 3.15. The van der Waals surface area contributed by atoms with Gasteiger partial charge < -0.3 is 10.1 Å². The molecule has 0 spiro atoms. The Morgan fingerprint density at radius 3 is 2.79 bits per heavy atom. The molecule has 1 saturated carbocycles. The molecular weight excluding hydrogens is 180 g/mol. The van der Waals surface area contributed by atoms with E-state index in [9.17, 15) is 0 Å². The minimum Gasteiger partial charge on any atom is -0.383 e. The van der Waals surface area contributed by atoms with Crippen LogP contribution in [-0.4, -0.2) is 31.8 Å². The van der Waals surface area contributed by atoms with E-state index in [0.29, 0.717) is 24.5 Å². The molecule has 0 aromatic rings. The van der Waals surface area contributed by atoms with Gasteiger partial charge in [-0.15, -0.1) is 0 Å². The van der Waals surface area contributed by atoms with Crippen molar-refractivity contribution in [3.05, 3.63) is 0 Å². The fourth-order valence-electron chi connectivity index (χ4n) is 1.29. The van der Waals surface area contributed by atoms with Crippen molar-refractivity contribution in [3.8, 4) is 0 Å². The highest BCUT2D eigenvalue weighted by Gasteiger charge is 2.32. The van der Waals surface area contributed by atoms with Crippen LogP contribution in [0.2, 0.25) is 0 Å². The second-order valence-electron chi connectivity index (χ2n) is 3.90. The molecule has 0 aromatic heterocycles. The van der Waals surface area contributed by atoms with Crippen molar-refractivity contribution in [1.82, 2.24) is 10.7 Å². The third-order valence-electron chi connectivity index (χ3n) is 2.30. The van der Waals surface area contributed by atoms with E-state index in [4.69, 9.17) is 10.6 Å². The molecule has 3 atom stereocenters. The predicted octanol–water partition coefficient (Wildman–Crippen LogP) is -0.161. The van der Waals surface area contributed by atoms with E-state index in [1.54, 1.807) is 7.11 Å². The van der Waals surface area contributed by atoms with Crippen molar-refractivity contribution < 1.29 is 4.74 Å². The molecule has 0 saturated heterocycles. The van der Waals surface area contributed by atoms with Gasteiger partial charge in [-0.05, 0) is 19.3 Å². The van der Waals surface area contributed by atoms with Crippen molar-refractivity contribution in [2.45, 2.75) is 32.4 Å². The Kier molecular flexibility index (Phi) is 4.16. The van der Waals surface area contributed by atoms with Gasteiger partial charge in [0.2, 0.25) is 5.96 Å². The fourth-order valence-corrected chi connectivity index (χ4v) is 1.29. The smallest absolute Gasteiger partial charge is 0.206 e. The molecular formula is C9H20N4O. The molecule has 82 valence electrons. The molecule has 5 nitrogen and oxygen atoms in total. The van der Waals surface area contributed by atoms with Gasteiger partial charge in [0.25, 0.3) is 0 Å². The third-order valence-corrected chi connectivity index (χ3v) is 2.30. The highest BCUT2D eigenvalue weighted by atomic mass is 16.5. The lowest BCUT2D eigenvalue weighted by Gasteiger charge is -2.15. The zero-order valence-corrected chi connectivity index (χ0v) is 9.08. The second kappa shape index (κ2) is 5.17. The van der Waals surface area contributed by atoms with E-state index in [1.807, 2.05) is 6.92 Å². The first-order valence-corrected chi connectivity index (χ1v) is 4.97. The molecule has 0 radical (unpaired) electrons. The molecule has 0 bridgehead atoms. The van der Waals surface area contributed by atoms with Crippen molar-refractivity contribution >= 4 is 5.96 Å². The number of rotatable bonds is 4. The minimum atomic E-state index is 0.212. The Balaban J connectivity index is 2.34. The first-order valence-electron chi connectivity index (χ1n) is 4.97. The van der Waals surface area contributed by atoms with E-state index in [1.165, 1.54) is 0 Å². The van der Waals surface area contributed by atoms with Gasteiger partial charge in [-0.25, -0.2) is 10.8 Å². The summed E-state index contributed by atoms with van der Waals surface area (Å²) in [6.07, 6.45) is 1.16. The number of hydrogen-bond donors (Lipinski definition) is 3. The Morgan fingerprint density at radius 1 is 1.71 bits per heavy atom. The van der Waals surface area contributed by atoms with E-state index in [2.05, 4.69) is 22.7 Å². The molecule has 1 aliphatic rings. The maximum Gasteiger partial charge on any atom is 0.206 e. The van der Waals surface area contributed by atoms with Crippen molar-refractivity contribution in [1.29, 1.82) is 0 Å². The maximum atomic E-state index is 5.35. The number of hydrazine groups is 1. The minimum absolute atomic E-state index is 0.212. The first kappa shape index (κ1) is 11.3. The number of methoxy groups -OCH3 is 1. The van der Waals surface area contributed by atoms with Gasteiger partial charge in [0.1, 0.15) is 0 Å². The third kappa shape index (κ3) is 3.51. The van der Waals surface area contributed by atoms with Crippen LogP contribution < -0.4 is 16.6 Å². The Hall–Kier alpha value is -0.810. The number of nitrogens with zero attached hydrogens (tertiary/aromatic N) is 1. The highest BCUT2D eigenvalue weighted by molar-refractivity contribution is 5.79. The van der Waals surface area contributed by atoms with Crippen LogP contribution in [0, 0.1) is 5.92 Å². The quantitative estimate of drug-likeness (QED) is 0.255. The Labute approximate surface area is 85.1 Å². The zero-order valence-electron chi connectivity index (χ0n) is 9.08. The number of nitrogens with one attached hydrogen (secondary N) is 2. The summed E-state index contributed by atoms with van der Waals surface area (Å²) in [5.74, 6) is 6.70. The van der Waals surface area contributed by atoms with Crippen molar-refractivity contribution in [3.63, 3.8) is 0 Å². The van der Waals surface area contributed by atoms with Crippen LogP contribution in [0.25, 0.3) is 0 Å². The van der Waals surface area contributed by atoms with Crippen LogP contribution >= 0.6 is 0 Å². The summed E-state index contributed by atoms with van der Waals surface area (Å²) < 4.78 is 5.00. The summed E-state index contributed by atoms with van der Waals surface area (Å²) in [6.45, 7) is 4.84. The molecule has 14 heavy (non-hydrogen) atoms. The molecule has 0 heterocycles. The Bertz CT molecular complexity index is 207. The topological polar surface area (TPSA) is 71.7 Å². The van der Waals surface area contributed by atoms with Crippen LogP contribution in [0.4, 0.5) is 0 Å². The average molecular weight is 200 g/mol. The average Bonchev–Trinajstić information content (AvgIpc) is 2.81. The van der Waals surface area contributed by atoms with Gasteiger partial charge in [0.05, 0.1) is 12.6 Å². The number of nitrogens with two attached hydrogens (primary N) is 1. The second-order valence-corrected chi connectivity index (χ2v) is 3.90. The van der Waals surface area contributed by atoms with Crippen molar-refractivity contribution in [2.24, 2.45) is 16.8 Å². The molecule has 5 heteroatoms. The summed E-state index contributed by atoms with van der Waals surface area (Å²) in [7, 11) is 1.67. The molecule has 0 amide bonds. The molecule has 1 fully saturated rings. The molecule has 1 rings (SSSR count). The van der Waals surface area contributed by atoms with Crippen LogP contribution in [0.1, 0.15) is 20.3 Å². The predicted molar refractivity (Wildman–Crippen MR) is 56.8 cm³/mol. The normalized spacial score (nSPS) is 28.4. The highest BCUT2D eigenvalue weighted by Crippen LogP contribution is 2.32. The molecule has 4 N–H and O–H groups in total. The van der Waals surface area contributed by atoms with Crippen LogP contribution in [0.5, 0.6) is 0 Å². The molecule has 0 aromatic carbocycles. The van der Waals surface area contributed by atoms with Crippen LogP contribution in [0.3, 0.4) is 0 Å². The first-order chi connectivity index (χ1) is 6.67. The number of hydrogen-bond acceptors (Lipinski definition) is 3. The Morgan fingerprint density at radius 2 is 2.36 bits per heavy atom. The summed E-state index contributed by atoms with van der Waals surface area (Å²) >= 11 is 0. The standard InChI is InChI=1S/C9H20N4O/c1-6-4-8(6)12-9(13-10)11-7(2)5-14-3/h6-8H,4-5,10H2,1-3H3,(H2,11,12,13). The maximum absolute atomic E-state index is 5.35. The van der Waals surface area contributed by atoms with Gasteiger partial charge in [-0.2, -0.15) is 0 Å². The molecule has 0 aliphatic heterocycles. The number of aliphatic imine (C=N–C) groups is 1. The lowest BCUT2D eigenvalue weighted by molar-refractivity contribution is 0.179. The van der Waals surface area contributed by atoms with Crippen LogP contribution in [0.15, 0.2) is 4.99 Å². The summed E-state index contributed by atoms with van der Waals surface area (Å²) in [6, 6.07) is 0.646. The monoisotopic (exact) mass is 200 g/mol. The van der Waals surface area contributed by atoms with Gasteiger partial charge in [-0.3, -0.25) is 5.43 Å². The van der Waals surface area contributed by atoms with Gasteiger partial charge in [0, 0.05) is 13.2 Å². The number of guanidine groups is 1. The van der Waals surface area contributed by atoms with Crippen LogP contribution in [-0.2, 0) is 4.74 Å². The largest absolute Gasteiger partial charge is 0.383 e. The number of ether oxygens (including phenoxy) is 1. The van der Waals surface area contributed by atoms with E-state index in [0.717, 1.165) is 6.42 Å². The molecule has 1 aliphatic carbocycles. The molecule has 3 unspecified atom stereocenters. The van der Waals surface area contributed by atoms with Gasteiger partial charge in [-0.1, -0.05) is 6.92 Å². The van der Waals surface area contributed by atoms with Gasteiger partial charge in [0.15, 0.2) is 0 Å². The van der Waals surface area contributed by atoms with E-state index < -0.39 is 0 Å². The lowest BCUT2D eigenvalue weighted by Crippen LogP contribution is -2.47. The SMILES string of the molecule is COCC(C)NC(=NC1CC1C)NN. The lowest BCUT2D eigenvalue weighted by atomic mass is 10.4. The van der Waals surface area contributed by atoms with Gasteiger partial charge >= 0.3 is 0 Å².